The molecule has 2 amide bonds. The van der Waals surface area contributed by atoms with Gasteiger partial charge in [-0.2, -0.15) is 0 Å². The normalized spacial score (nSPS) is 11.9. The average molecular weight is 248 g/mol. The van der Waals surface area contributed by atoms with Crippen LogP contribution in [0, 0.1) is 0 Å². The van der Waals surface area contributed by atoms with E-state index in [9.17, 15) is 9.59 Å². The lowest BCUT2D eigenvalue weighted by atomic mass is 10.2. The summed E-state index contributed by atoms with van der Waals surface area (Å²) < 4.78 is 0. The van der Waals surface area contributed by atoms with E-state index in [1.165, 1.54) is 4.90 Å². The molecule has 0 spiro atoms. The molecule has 0 saturated carbocycles. The average Bonchev–Trinajstić information content (AvgIpc) is 2.30. The minimum atomic E-state index is -1.58. The van der Waals surface area contributed by atoms with Gasteiger partial charge in [-0.05, 0) is 19.3 Å². The van der Waals surface area contributed by atoms with E-state index in [2.05, 4.69) is 5.32 Å². The highest BCUT2D eigenvalue weighted by atomic mass is 16.4. The van der Waals surface area contributed by atoms with Gasteiger partial charge in [0, 0.05) is 20.2 Å². The predicted molar refractivity (Wildman–Crippen MR) is 60.6 cm³/mol. The van der Waals surface area contributed by atoms with Crippen molar-refractivity contribution >= 4 is 12.0 Å². The number of carbonyl (C=O) groups is 2. The van der Waals surface area contributed by atoms with E-state index in [4.69, 9.17) is 15.3 Å². The maximum atomic E-state index is 11.4. The fraction of sp³-hybridized carbons (Fsp3) is 0.800. The Morgan fingerprint density at radius 1 is 1.29 bits per heavy atom. The number of hydrogen-bond donors (Lipinski definition) is 4. The van der Waals surface area contributed by atoms with E-state index in [1.54, 1.807) is 7.05 Å². The summed E-state index contributed by atoms with van der Waals surface area (Å²) in [6.07, 6.45) is 0.715. The number of urea groups is 1. The monoisotopic (exact) mass is 248 g/mol. The van der Waals surface area contributed by atoms with Gasteiger partial charge >= 0.3 is 12.0 Å². The molecule has 0 aliphatic carbocycles. The van der Waals surface area contributed by atoms with Gasteiger partial charge in [-0.3, -0.25) is 0 Å². The van der Waals surface area contributed by atoms with E-state index in [1.807, 2.05) is 0 Å². The van der Waals surface area contributed by atoms with E-state index >= 15 is 0 Å². The van der Waals surface area contributed by atoms with Gasteiger partial charge < -0.3 is 25.5 Å². The number of aliphatic hydroxyl groups is 2. The van der Waals surface area contributed by atoms with Gasteiger partial charge in [0.15, 0.2) is 6.10 Å². The first-order chi connectivity index (χ1) is 7.99. The Balaban J connectivity index is 3.70. The van der Waals surface area contributed by atoms with Crippen molar-refractivity contribution in [3.63, 3.8) is 0 Å². The smallest absolute Gasteiger partial charge is 0.334 e. The number of aliphatic carboxylic acids is 1. The fourth-order valence-corrected chi connectivity index (χ4v) is 1.15. The molecule has 0 rings (SSSR count). The third kappa shape index (κ3) is 7.53. The van der Waals surface area contributed by atoms with Crippen molar-refractivity contribution in [2.24, 2.45) is 0 Å². The first-order valence-corrected chi connectivity index (χ1v) is 5.49. The van der Waals surface area contributed by atoms with Crippen LogP contribution in [-0.4, -0.2) is 65.1 Å². The first kappa shape index (κ1) is 15.7. The van der Waals surface area contributed by atoms with Crippen LogP contribution < -0.4 is 5.32 Å². The molecular weight excluding hydrogens is 228 g/mol. The third-order valence-corrected chi connectivity index (χ3v) is 2.23. The Labute approximate surface area is 100 Å². The summed E-state index contributed by atoms with van der Waals surface area (Å²) in [5.41, 5.74) is 0. The second-order valence-corrected chi connectivity index (χ2v) is 3.75. The number of carboxylic acid groups (broad SMARTS) is 1. The molecule has 0 aromatic carbocycles. The van der Waals surface area contributed by atoms with Gasteiger partial charge in [-0.25, -0.2) is 9.59 Å². The maximum absolute atomic E-state index is 11.4. The summed E-state index contributed by atoms with van der Waals surface area (Å²) in [5, 5.41) is 28.2. The van der Waals surface area contributed by atoms with Crippen LogP contribution in [0.25, 0.3) is 0 Å². The molecule has 0 aromatic rings. The Kier molecular flexibility index (Phi) is 8.08. The lowest BCUT2D eigenvalue weighted by Gasteiger charge is -2.18. The van der Waals surface area contributed by atoms with Crippen molar-refractivity contribution in [3.05, 3.63) is 0 Å². The number of carboxylic acids is 1. The summed E-state index contributed by atoms with van der Waals surface area (Å²) in [5.74, 6) is -1.36. The molecular formula is C10H20N2O5. The number of amides is 2. The molecule has 0 saturated heterocycles. The van der Waals surface area contributed by atoms with Crippen LogP contribution in [-0.2, 0) is 4.79 Å². The number of unbranched alkanes of at least 4 members (excludes halogenated alkanes) is 2. The molecule has 1 unspecified atom stereocenters. The number of hydrogen-bond acceptors (Lipinski definition) is 4. The molecule has 0 aliphatic rings. The molecule has 1 atom stereocenters. The van der Waals surface area contributed by atoms with Gasteiger partial charge in [0.2, 0.25) is 0 Å². The SMILES string of the molecule is CN(CCCCCO)C(=O)NCC(O)C(=O)O. The summed E-state index contributed by atoms with van der Waals surface area (Å²) in [6, 6.07) is -0.422. The first-order valence-electron chi connectivity index (χ1n) is 5.49. The molecule has 0 aromatic heterocycles. The molecule has 0 aliphatic heterocycles. The van der Waals surface area contributed by atoms with E-state index in [-0.39, 0.29) is 13.2 Å². The minimum absolute atomic E-state index is 0.140. The third-order valence-electron chi connectivity index (χ3n) is 2.23. The van der Waals surface area contributed by atoms with Crippen LogP contribution in [0.5, 0.6) is 0 Å². The van der Waals surface area contributed by atoms with Gasteiger partial charge in [0.1, 0.15) is 0 Å². The van der Waals surface area contributed by atoms with Crippen LogP contribution in [0.4, 0.5) is 4.79 Å². The van der Waals surface area contributed by atoms with Gasteiger partial charge in [0.05, 0.1) is 6.54 Å². The largest absolute Gasteiger partial charge is 0.479 e. The van der Waals surface area contributed by atoms with Gasteiger partial charge in [-0.15, -0.1) is 0 Å². The lowest BCUT2D eigenvalue weighted by molar-refractivity contribution is -0.146. The van der Waals surface area contributed by atoms with Gasteiger partial charge in [-0.1, -0.05) is 0 Å². The zero-order chi connectivity index (χ0) is 13.3. The van der Waals surface area contributed by atoms with Crippen LogP contribution in [0.1, 0.15) is 19.3 Å². The number of rotatable bonds is 8. The highest BCUT2D eigenvalue weighted by Gasteiger charge is 2.15. The van der Waals surface area contributed by atoms with Crippen LogP contribution >= 0.6 is 0 Å². The molecule has 17 heavy (non-hydrogen) atoms. The van der Waals surface area contributed by atoms with Crippen LogP contribution in [0.3, 0.4) is 0 Å². The van der Waals surface area contributed by atoms with Crippen LogP contribution in [0.15, 0.2) is 0 Å². The summed E-state index contributed by atoms with van der Waals surface area (Å²) in [4.78, 5) is 23.1. The zero-order valence-corrected chi connectivity index (χ0v) is 9.93. The molecule has 0 heterocycles. The van der Waals surface area contributed by atoms with Gasteiger partial charge in [0.25, 0.3) is 0 Å². The van der Waals surface area contributed by atoms with Crippen LogP contribution in [0.2, 0.25) is 0 Å². The van der Waals surface area contributed by atoms with E-state index in [0.29, 0.717) is 13.0 Å². The predicted octanol–water partition coefficient (Wildman–Crippen LogP) is -0.764. The topological polar surface area (TPSA) is 110 Å². The summed E-state index contributed by atoms with van der Waals surface area (Å²) in [7, 11) is 1.58. The highest BCUT2D eigenvalue weighted by Crippen LogP contribution is 1.97. The molecule has 7 heteroatoms. The van der Waals surface area contributed by atoms with Crippen molar-refractivity contribution in [2.45, 2.75) is 25.4 Å². The zero-order valence-electron chi connectivity index (χ0n) is 9.93. The van der Waals surface area contributed by atoms with Crippen molar-refractivity contribution in [3.8, 4) is 0 Å². The van der Waals surface area contributed by atoms with E-state index in [0.717, 1.165) is 12.8 Å². The minimum Gasteiger partial charge on any atom is -0.479 e. The van der Waals surface area contributed by atoms with Crippen molar-refractivity contribution in [2.75, 3.05) is 26.7 Å². The number of nitrogens with one attached hydrogen (secondary N) is 1. The number of carbonyl (C=O) groups excluding carboxylic acids is 1. The second-order valence-electron chi connectivity index (χ2n) is 3.75. The lowest BCUT2D eigenvalue weighted by Crippen LogP contribution is -2.43. The quantitative estimate of drug-likeness (QED) is 0.422. The second kappa shape index (κ2) is 8.77. The molecule has 4 N–H and O–H groups in total. The van der Waals surface area contributed by atoms with Crippen molar-refractivity contribution in [1.29, 1.82) is 0 Å². The summed E-state index contributed by atoms with van der Waals surface area (Å²) >= 11 is 0. The molecule has 100 valence electrons. The number of aliphatic hydroxyl groups excluding tert-OH is 2. The maximum Gasteiger partial charge on any atom is 0.334 e. The molecule has 0 fully saturated rings. The summed E-state index contributed by atoms with van der Waals surface area (Å²) in [6.45, 7) is 0.352. The highest BCUT2D eigenvalue weighted by molar-refractivity contribution is 5.76. The van der Waals surface area contributed by atoms with E-state index < -0.39 is 18.1 Å². The Bertz CT molecular complexity index is 247. The Hall–Kier alpha value is -1.34. The fourth-order valence-electron chi connectivity index (χ4n) is 1.15. The van der Waals surface area contributed by atoms with Crippen molar-refractivity contribution in [1.82, 2.24) is 10.2 Å². The van der Waals surface area contributed by atoms with Crippen molar-refractivity contribution < 1.29 is 24.9 Å². The standard InChI is InChI=1S/C10H20N2O5/c1-12(5-3-2-4-6-13)10(17)11-7-8(14)9(15)16/h8,13-14H,2-7H2,1H3,(H,11,17)(H,15,16). The number of nitrogens with zero attached hydrogens (tertiary/aromatic N) is 1. The molecule has 0 bridgehead atoms. The Morgan fingerprint density at radius 2 is 1.94 bits per heavy atom. The Morgan fingerprint density at radius 3 is 2.47 bits per heavy atom. The molecule has 0 radical (unpaired) electrons. The molecule has 7 nitrogen and oxygen atoms in total.